The number of amides is 2. The van der Waals surface area contributed by atoms with Crippen LogP contribution in [0.1, 0.15) is 37.1 Å². The zero-order valence-corrected chi connectivity index (χ0v) is 19.0. The molecule has 1 fully saturated rings. The first-order valence-electron chi connectivity index (χ1n) is 9.94. The normalized spacial score (nSPS) is 17.3. The van der Waals surface area contributed by atoms with Crippen LogP contribution in [-0.4, -0.2) is 37.1 Å². The fourth-order valence-corrected chi connectivity index (χ4v) is 6.38. The third-order valence-corrected chi connectivity index (χ3v) is 8.35. The second-order valence-corrected chi connectivity index (χ2v) is 11.1. The summed E-state index contributed by atoms with van der Waals surface area (Å²) in [6, 6.07) is 9.91. The predicted molar refractivity (Wildman–Crippen MR) is 118 cm³/mol. The lowest BCUT2D eigenvalue weighted by atomic mass is 10.1. The Morgan fingerprint density at radius 3 is 2.67 bits per heavy atom. The van der Waals surface area contributed by atoms with Gasteiger partial charge in [0.1, 0.15) is 10.3 Å². The molecule has 0 aliphatic carbocycles. The van der Waals surface area contributed by atoms with Gasteiger partial charge in [-0.3, -0.25) is 9.59 Å². The first-order chi connectivity index (χ1) is 14.2. The molecule has 9 heteroatoms. The van der Waals surface area contributed by atoms with Crippen LogP contribution >= 0.6 is 11.3 Å². The van der Waals surface area contributed by atoms with E-state index < -0.39 is 16.1 Å². The fraction of sp³-hybridized carbons (Fsp3) is 0.429. The second kappa shape index (κ2) is 9.28. The average Bonchev–Trinajstić information content (AvgIpc) is 3.36. The molecule has 7 nitrogen and oxygen atoms in total. The number of nitrogens with one attached hydrogen (secondary N) is 2. The van der Waals surface area contributed by atoms with E-state index >= 15 is 0 Å². The highest BCUT2D eigenvalue weighted by Gasteiger charge is 2.39. The van der Waals surface area contributed by atoms with Gasteiger partial charge < -0.3 is 10.6 Å². The Morgan fingerprint density at radius 2 is 2.00 bits per heavy atom. The van der Waals surface area contributed by atoms with Crippen molar-refractivity contribution in [2.45, 2.75) is 50.4 Å². The van der Waals surface area contributed by atoms with E-state index in [2.05, 4.69) is 10.6 Å². The topological polar surface area (TPSA) is 95.6 Å². The number of aryl methyl sites for hydroxylation is 1. The molecule has 1 aromatic carbocycles. The van der Waals surface area contributed by atoms with Gasteiger partial charge in [-0.15, -0.1) is 11.3 Å². The molecule has 0 saturated carbocycles. The number of sulfonamides is 1. The van der Waals surface area contributed by atoms with E-state index in [4.69, 9.17) is 0 Å². The van der Waals surface area contributed by atoms with Crippen LogP contribution in [0, 0.1) is 12.8 Å². The summed E-state index contributed by atoms with van der Waals surface area (Å²) in [6.45, 7) is 6.09. The maximum Gasteiger partial charge on any atom is 0.253 e. The Kier molecular flexibility index (Phi) is 6.95. The van der Waals surface area contributed by atoms with E-state index in [9.17, 15) is 18.0 Å². The van der Waals surface area contributed by atoms with Crippen molar-refractivity contribution in [2.24, 2.45) is 5.92 Å². The monoisotopic (exact) mass is 449 g/mol. The van der Waals surface area contributed by atoms with Crippen LogP contribution < -0.4 is 10.6 Å². The van der Waals surface area contributed by atoms with Crippen molar-refractivity contribution in [3.63, 3.8) is 0 Å². The standard InChI is InChI=1S/C21H27N3O4S2/c1-14(2)20(25)23-17-7-4-6-16(12-17)13-22-21(26)18-8-5-11-24(18)30(27,28)19-10-9-15(3)29-19/h4,6-7,9-10,12,14,18H,5,8,11,13H2,1-3H3,(H,22,26)(H,23,25)/t18-/m0/s1. The van der Waals surface area contributed by atoms with Crippen molar-refractivity contribution in [3.05, 3.63) is 46.8 Å². The number of rotatable bonds is 7. The average molecular weight is 450 g/mol. The number of hydrogen-bond acceptors (Lipinski definition) is 5. The van der Waals surface area contributed by atoms with Gasteiger partial charge in [0.2, 0.25) is 11.8 Å². The van der Waals surface area contributed by atoms with Gasteiger partial charge in [0.25, 0.3) is 10.0 Å². The van der Waals surface area contributed by atoms with Crippen LogP contribution in [0.5, 0.6) is 0 Å². The molecule has 0 spiro atoms. The van der Waals surface area contributed by atoms with Gasteiger partial charge in [0.15, 0.2) is 0 Å². The molecule has 0 radical (unpaired) electrons. The predicted octanol–water partition coefficient (Wildman–Crippen LogP) is 3.12. The van der Waals surface area contributed by atoms with Gasteiger partial charge in [0, 0.05) is 29.6 Å². The van der Waals surface area contributed by atoms with E-state index in [1.165, 1.54) is 15.6 Å². The number of hydrogen-bond donors (Lipinski definition) is 2. The first-order valence-corrected chi connectivity index (χ1v) is 12.2. The van der Waals surface area contributed by atoms with Crippen LogP contribution in [-0.2, 0) is 26.2 Å². The van der Waals surface area contributed by atoms with Crippen molar-refractivity contribution < 1.29 is 18.0 Å². The van der Waals surface area contributed by atoms with E-state index in [0.717, 1.165) is 10.4 Å². The molecular formula is C21H27N3O4S2. The van der Waals surface area contributed by atoms with Crippen LogP contribution in [0.4, 0.5) is 5.69 Å². The van der Waals surface area contributed by atoms with Gasteiger partial charge in [-0.05, 0) is 49.6 Å². The lowest BCUT2D eigenvalue weighted by molar-refractivity contribution is -0.124. The molecule has 1 saturated heterocycles. The van der Waals surface area contributed by atoms with Crippen LogP contribution in [0.15, 0.2) is 40.6 Å². The van der Waals surface area contributed by atoms with Gasteiger partial charge in [-0.2, -0.15) is 4.31 Å². The number of nitrogens with zero attached hydrogens (tertiary/aromatic N) is 1. The molecule has 1 aliphatic heterocycles. The highest BCUT2D eigenvalue weighted by atomic mass is 32.2. The SMILES string of the molecule is Cc1ccc(S(=O)(=O)N2CCC[C@H]2C(=O)NCc2cccc(NC(=O)C(C)C)c2)s1. The van der Waals surface area contributed by atoms with Crippen molar-refractivity contribution >= 4 is 38.9 Å². The molecule has 30 heavy (non-hydrogen) atoms. The van der Waals surface area contributed by atoms with Crippen molar-refractivity contribution in [1.29, 1.82) is 0 Å². The summed E-state index contributed by atoms with van der Waals surface area (Å²) >= 11 is 1.22. The summed E-state index contributed by atoms with van der Waals surface area (Å²) in [4.78, 5) is 25.6. The van der Waals surface area contributed by atoms with Crippen LogP contribution in [0.3, 0.4) is 0 Å². The van der Waals surface area contributed by atoms with Gasteiger partial charge in [0.05, 0.1) is 0 Å². The molecular weight excluding hydrogens is 422 g/mol. The molecule has 0 unspecified atom stereocenters. The third-order valence-electron chi connectivity index (χ3n) is 4.97. The Bertz CT molecular complexity index is 1030. The first kappa shape index (κ1) is 22.5. The Morgan fingerprint density at radius 1 is 1.23 bits per heavy atom. The molecule has 0 bridgehead atoms. The minimum Gasteiger partial charge on any atom is -0.351 e. The van der Waals surface area contributed by atoms with Gasteiger partial charge in [-0.1, -0.05) is 26.0 Å². The highest BCUT2D eigenvalue weighted by Crippen LogP contribution is 2.30. The number of carbonyl (C=O) groups is 2. The maximum atomic E-state index is 13.0. The second-order valence-electron chi connectivity index (χ2n) is 7.70. The molecule has 1 aliphatic rings. The third kappa shape index (κ3) is 5.08. The van der Waals surface area contributed by atoms with E-state index in [1.807, 2.05) is 32.9 Å². The van der Waals surface area contributed by atoms with E-state index in [-0.39, 0.29) is 28.5 Å². The lowest BCUT2D eigenvalue weighted by Crippen LogP contribution is -2.45. The van der Waals surface area contributed by atoms with Crippen molar-refractivity contribution in [2.75, 3.05) is 11.9 Å². The molecule has 2 N–H and O–H groups in total. The van der Waals surface area contributed by atoms with E-state index in [1.54, 1.807) is 24.3 Å². The minimum atomic E-state index is -3.68. The summed E-state index contributed by atoms with van der Waals surface area (Å²) in [7, 11) is -3.68. The highest BCUT2D eigenvalue weighted by molar-refractivity contribution is 7.91. The molecule has 1 atom stereocenters. The minimum absolute atomic E-state index is 0.0770. The number of anilines is 1. The number of thiophene rings is 1. The summed E-state index contributed by atoms with van der Waals surface area (Å²) in [5.74, 6) is -0.511. The number of carbonyl (C=O) groups excluding carboxylic acids is 2. The van der Waals surface area contributed by atoms with Gasteiger partial charge >= 0.3 is 0 Å². The Labute approximate surface area is 181 Å². The summed E-state index contributed by atoms with van der Waals surface area (Å²) in [5, 5.41) is 5.68. The lowest BCUT2D eigenvalue weighted by Gasteiger charge is -2.22. The van der Waals surface area contributed by atoms with Gasteiger partial charge in [-0.25, -0.2) is 8.42 Å². The smallest absolute Gasteiger partial charge is 0.253 e. The Balaban J connectivity index is 1.65. The largest absolute Gasteiger partial charge is 0.351 e. The quantitative estimate of drug-likeness (QED) is 0.679. The molecule has 2 aromatic rings. The fourth-order valence-electron chi connectivity index (χ4n) is 3.31. The molecule has 162 valence electrons. The summed E-state index contributed by atoms with van der Waals surface area (Å²) in [5.41, 5.74) is 1.49. The van der Waals surface area contributed by atoms with E-state index in [0.29, 0.717) is 25.1 Å². The molecule has 2 heterocycles. The van der Waals surface area contributed by atoms with Crippen molar-refractivity contribution in [3.8, 4) is 0 Å². The molecule has 3 rings (SSSR count). The number of benzene rings is 1. The Hall–Kier alpha value is -2.23. The molecule has 2 amide bonds. The summed E-state index contributed by atoms with van der Waals surface area (Å²) < 4.78 is 27.5. The summed E-state index contributed by atoms with van der Waals surface area (Å²) in [6.07, 6.45) is 1.15. The maximum absolute atomic E-state index is 13.0. The van der Waals surface area contributed by atoms with Crippen LogP contribution in [0.2, 0.25) is 0 Å². The zero-order chi connectivity index (χ0) is 21.9. The zero-order valence-electron chi connectivity index (χ0n) is 17.3. The molecule has 1 aromatic heterocycles. The van der Waals surface area contributed by atoms with Crippen LogP contribution in [0.25, 0.3) is 0 Å². The van der Waals surface area contributed by atoms with Crippen molar-refractivity contribution in [1.82, 2.24) is 9.62 Å².